The van der Waals surface area contributed by atoms with Crippen molar-refractivity contribution < 1.29 is 33.8 Å². The minimum Gasteiger partial charge on any atom is -0.480 e. The van der Waals surface area contributed by atoms with E-state index < -0.39 is 41.7 Å². The van der Waals surface area contributed by atoms with Crippen molar-refractivity contribution in [3.05, 3.63) is 60.2 Å². The molecule has 2 rings (SSSR count). The summed E-state index contributed by atoms with van der Waals surface area (Å²) < 4.78 is 9.17. The molecule has 8 heteroatoms. The minimum absolute atomic E-state index is 0.237. The van der Waals surface area contributed by atoms with Crippen molar-refractivity contribution in [2.45, 2.75) is 13.0 Å². The first-order valence-corrected chi connectivity index (χ1v) is 9.15. The summed E-state index contributed by atoms with van der Waals surface area (Å²) in [5.74, 6) is -6.54. The normalized spacial score (nSPS) is 12.5. The van der Waals surface area contributed by atoms with E-state index >= 15 is 0 Å². The molecule has 30 heavy (non-hydrogen) atoms. The van der Waals surface area contributed by atoms with E-state index in [9.17, 15) is 24.3 Å². The maximum absolute atomic E-state index is 12.6. The van der Waals surface area contributed by atoms with Gasteiger partial charge in [-0.25, -0.2) is 4.79 Å². The van der Waals surface area contributed by atoms with Crippen LogP contribution in [0.4, 0.5) is 0 Å². The second-order valence-electron chi connectivity index (χ2n) is 6.62. The maximum Gasteiger partial charge on any atom is 0.326 e. The lowest BCUT2D eigenvalue weighted by atomic mass is 9.87. The summed E-state index contributed by atoms with van der Waals surface area (Å²) in [5.41, 5.74) is 2.10. The third-order valence-corrected chi connectivity index (χ3v) is 4.77. The molecule has 0 unspecified atom stereocenters. The SMILES string of the molecule is COC(=O)C(C(=O)OC)[C@H](C)[C@H](NC(=O)c1ccc(-c2ccccc2)cc1)C(=O)O. The van der Waals surface area contributed by atoms with Crippen LogP contribution in [-0.4, -0.2) is 49.2 Å². The first-order valence-electron chi connectivity index (χ1n) is 9.15. The smallest absolute Gasteiger partial charge is 0.326 e. The number of hydrogen-bond donors (Lipinski definition) is 2. The standard InChI is InChI=1S/C22H23NO7/c1-13(17(21(27)29-2)22(28)30-3)18(20(25)26)23-19(24)16-11-9-15(10-12-16)14-7-5-4-6-8-14/h4-13,17-18H,1-3H3,(H,23,24)(H,25,26)/t13-,18-/m0/s1. The summed E-state index contributed by atoms with van der Waals surface area (Å²) in [6.45, 7) is 1.36. The van der Waals surface area contributed by atoms with Crippen LogP contribution in [0, 0.1) is 11.8 Å². The summed E-state index contributed by atoms with van der Waals surface area (Å²) in [5, 5.41) is 11.9. The average Bonchev–Trinajstić information content (AvgIpc) is 2.77. The van der Waals surface area contributed by atoms with Crippen molar-refractivity contribution >= 4 is 23.8 Å². The van der Waals surface area contributed by atoms with Crippen LogP contribution in [0.3, 0.4) is 0 Å². The fourth-order valence-electron chi connectivity index (χ4n) is 3.06. The van der Waals surface area contributed by atoms with Gasteiger partial charge in [-0.2, -0.15) is 0 Å². The van der Waals surface area contributed by atoms with Crippen molar-refractivity contribution in [2.24, 2.45) is 11.8 Å². The van der Waals surface area contributed by atoms with Crippen molar-refractivity contribution in [1.29, 1.82) is 0 Å². The van der Waals surface area contributed by atoms with Crippen molar-refractivity contribution in [2.75, 3.05) is 14.2 Å². The Hall–Kier alpha value is -3.68. The average molecular weight is 413 g/mol. The Balaban J connectivity index is 2.21. The largest absolute Gasteiger partial charge is 0.480 e. The van der Waals surface area contributed by atoms with Gasteiger partial charge in [-0.1, -0.05) is 49.4 Å². The molecule has 2 N–H and O–H groups in total. The number of amides is 1. The van der Waals surface area contributed by atoms with E-state index in [1.54, 1.807) is 24.3 Å². The molecule has 0 spiro atoms. The fourth-order valence-corrected chi connectivity index (χ4v) is 3.06. The van der Waals surface area contributed by atoms with E-state index in [2.05, 4.69) is 14.8 Å². The number of carbonyl (C=O) groups is 4. The number of carbonyl (C=O) groups excluding carboxylic acids is 3. The number of carboxylic acid groups (broad SMARTS) is 1. The van der Waals surface area contributed by atoms with Gasteiger partial charge in [0.05, 0.1) is 14.2 Å². The summed E-state index contributed by atoms with van der Waals surface area (Å²) in [6.07, 6.45) is 0. The predicted molar refractivity (Wildman–Crippen MR) is 107 cm³/mol. The lowest BCUT2D eigenvalue weighted by Crippen LogP contribution is -2.50. The zero-order valence-corrected chi connectivity index (χ0v) is 16.8. The van der Waals surface area contributed by atoms with Crippen LogP contribution in [0.2, 0.25) is 0 Å². The first-order chi connectivity index (χ1) is 14.3. The number of carboxylic acids is 1. The van der Waals surface area contributed by atoms with Gasteiger partial charge in [0.25, 0.3) is 5.91 Å². The third-order valence-electron chi connectivity index (χ3n) is 4.77. The van der Waals surface area contributed by atoms with Gasteiger partial charge in [0.15, 0.2) is 5.92 Å². The van der Waals surface area contributed by atoms with E-state index in [4.69, 9.17) is 0 Å². The van der Waals surface area contributed by atoms with Crippen LogP contribution in [-0.2, 0) is 23.9 Å². The van der Waals surface area contributed by atoms with Gasteiger partial charge < -0.3 is 19.9 Å². The number of nitrogens with one attached hydrogen (secondary N) is 1. The second kappa shape index (κ2) is 10.2. The van der Waals surface area contributed by atoms with Crippen LogP contribution in [0.25, 0.3) is 11.1 Å². The van der Waals surface area contributed by atoms with Crippen molar-refractivity contribution in [1.82, 2.24) is 5.32 Å². The van der Waals surface area contributed by atoms with Crippen LogP contribution in [0.1, 0.15) is 17.3 Å². The maximum atomic E-state index is 12.6. The van der Waals surface area contributed by atoms with Crippen LogP contribution < -0.4 is 5.32 Å². The molecule has 0 fully saturated rings. The highest BCUT2D eigenvalue weighted by Gasteiger charge is 2.42. The number of aliphatic carboxylic acids is 1. The zero-order chi connectivity index (χ0) is 22.3. The highest BCUT2D eigenvalue weighted by Crippen LogP contribution is 2.22. The Bertz CT molecular complexity index is 893. The summed E-state index contributed by atoms with van der Waals surface area (Å²) in [4.78, 5) is 48.3. The van der Waals surface area contributed by atoms with Gasteiger partial charge in [0.2, 0.25) is 0 Å². The quantitative estimate of drug-likeness (QED) is 0.503. The summed E-state index contributed by atoms with van der Waals surface area (Å²) >= 11 is 0. The van der Waals surface area contributed by atoms with Gasteiger partial charge in [-0.15, -0.1) is 0 Å². The van der Waals surface area contributed by atoms with Crippen molar-refractivity contribution in [3.8, 4) is 11.1 Å². The number of rotatable bonds is 8. The molecule has 0 heterocycles. The lowest BCUT2D eigenvalue weighted by Gasteiger charge is -2.26. The molecular formula is C22H23NO7. The highest BCUT2D eigenvalue weighted by molar-refractivity contribution is 5.99. The van der Waals surface area contributed by atoms with E-state index in [1.165, 1.54) is 6.92 Å². The number of hydrogen-bond acceptors (Lipinski definition) is 6. The summed E-state index contributed by atoms with van der Waals surface area (Å²) in [7, 11) is 2.15. The molecule has 0 bridgehead atoms. The number of ether oxygens (including phenoxy) is 2. The molecule has 2 aromatic carbocycles. The Morgan fingerprint density at radius 2 is 1.33 bits per heavy atom. The molecule has 0 radical (unpaired) electrons. The Morgan fingerprint density at radius 1 is 0.833 bits per heavy atom. The van der Waals surface area contributed by atoms with Gasteiger partial charge in [-0.05, 0) is 23.3 Å². The Labute approximate surface area is 173 Å². The summed E-state index contributed by atoms with van der Waals surface area (Å²) in [6, 6.07) is 14.7. The first kappa shape index (κ1) is 22.6. The molecular weight excluding hydrogens is 390 g/mol. The second-order valence-corrected chi connectivity index (χ2v) is 6.62. The van der Waals surface area contributed by atoms with Crippen LogP contribution in [0.15, 0.2) is 54.6 Å². The molecule has 0 aliphatic carbocycles. The van der Waals surface area contributed by atoms with Gasteiger partial charge in [0, 0.05) is 11.5 Å². The van der Waals surface area contributed by atoms with E-state index in [-0.39, 0.29) is 5.56 Å². The Morgan fingerprint density at radius 3 is 1.80 bits per heavy atom. The van der Waals surface area contributed by atoms with Gasteiger partial charge in [-0.3, -0.25) is 14.4 Å². The van der Waals surface area contributed by atoms with E-state index in [0.717, 1.165) is 25.3 Å². The molecule has 2 atom stereocenters. The molecule has 1 amide bonds. The monoisotopic (exact) mass is 413 g/mol. The number of methoxy groups -OCH3 is 2. The fraction of sp³-hybridized carbons (Fsp3) is 0.273. The van der Waals surface area contributed by atoms with E-state index in [1.807, 2.05) is 30.3 Å². The third kappa shape index (κ3) is 5.22. The van der Waals surface area contributed by atoms with Crippen molar-refractivity contribution in [3.63, 3.8) is 0 Å². The molecule has 0 aliphatic heterocycles. The van der Waals surface area contributed by atoms with Crippen LogP contribution in [0.5, 0.6) is 0 Å². The number of benzene rings is 2. The minimum atomic E-state index is -1.52. The molecule has 8 nitrogen and oxygen atoms in total. The zero-order valence-electron chi connectivity index (χ0n) is 16.8. The van der Waals surface area contributed by atoms with E-state index in [0.29, 0.717) is 0 Å². The molecule has 2 aromatic rings. The molecule has 0 aromatic heterocycles. The lowest BCUT2D eigenvalue weighted by molar-refractivity contribution is -0.162. The van der Waals surface area contributed by atoms with Gasteiger partial charge >= 0.3 is 17.9 Å². The predicted octanol–water partition coefficient (Wildman–Crippen LogP) is 2.13. The van der Waals surface area contributed by atoms with Crippen LogP contribution >= 0.6 is 0 Å². The molecule has 0 aliphatic rings. The molecule has 158 valence electrons. The number of esters is 2. The highest BCUT2D eigenvalue weighted by atomic mass is 16.5. The molecule has 0 saturated heterocycles. The Kier molecular flexibility index (Phi) is 7.69. The topological polar surface area (TPSA) is 119 Å². The molecule has 0 saturated carbocycles. The van der Waals surface area contributed by atoms with Gasteiger partial charge in [0.1, 0.15) is 6.04 Å².